The van der Waals surface area contributed by atoms with E-state index in [2.05, 4.69) is 60.4 Å². The lowest BCUT2D eigenvalue weighted by molar-refractivity contribution is -0.0335. The Balaban J connectivity index is 1.72. The number of hydrogen-bond donors (Lipinski definition) is 1. The quantitative estimate of drug-likeness (QED) is 0.921. The first kappa shape index (κ1) is 16.2. The maximum Gasteiger partial charge on any atom is 0.0714 e. The molecule has 0 bridgehead atoms. The average molecular weight is 310 g/mol. The van der Waals surface area contributed by atoms with Crippen molar-refractivity contribution in [1.29, 1.82) is 0 Å². The summed E-state index contributed by atoms with van der Waals surface area (Å²) in [5, 5.41) is 0. The molecule has 2 N–H and O–H groups in total. The van der Waals surface area contributed by atoms with E-state index >= 15 is 0 Å². The Morgan fingerprint density at radius 3 is 2.87 bits per heavy atom. The van der Waals surface area contributed by atoms with Gasteiger partial charge in [-0.2, -0.15) is 0 Å². The van der Waals surface area contributed by atoms with E-state index in [-0.39, 0.29) is 6.10 Å². The van der Waals surface area contributed by atoms with E-state index in [1.807, 2.05) is 0 Å². The van der Waals surface area contributed by atoms with Crippen LogP contribution in [0.3, 0.4) is 0 Å². The number of rotatable bonds is 5. The highest BCUT2D eigenvalue weighted by Crippen LogP contribution is 2.24. The van der Waals surface area contributed by atoms with Crippen LogP contribution in [0.15, 0.2) is 48.5 Å². The monoisotopic (exact) mass is 310 g/mol. The first-order valence-corrected chi connectivity index (χ1v) is 8.45. The summed E-state index contributed by atoms with van der Waals surface area (Å²) in [5.74, 6) is 0. The van der Waals surface area contributed by atoms with E-state index in [9.17, 15) is 0 Å². The van der Waals surface area contributed by atoms with Crippen LogP contribution in [0.4, 0.5) is 0 Å². The van der Waals surface area contributed by atoms with Gasteiger partial charge in [0.2, 0.25) is 0 Å². The largest absolute Gasteiger partial charge is 0.376 e. The molecule has 3 rings (SSSR count). The fraction of sp³-hybridized carbons (Fsp3) is 0.400. The molecule has 0 aromatic heterocycles. The summed E-state index contributed by atoms with van der Waals surface area (Å²) in [6.45, 7) is 6.62. The molecule has 1 fully saturated rings. The molecular weight excluding hydrogens is 284 g/mol. The molecule has 2 aromatic carbocycles. The number of morpholine rings is 1. The highest BCUT2D eigenvalue weighted by atomic mass is 16.5. The van der Waals surface area contributed by atoms with E-state index in [0.717, 1.165) is 32.7 Å². The van der Waals surface area contributed by atoms with Gasteiger partial charge in [-0.25, -0.2) is 0 Å². The molecule has 2 aromatic rings. The highest BCUT2D eigenvalue weighted by Gasteiger charge is 2.19. The molecule has 0 aliphatic carbocycles. The van der Waals surface area contributed by atoms with E-state index in [1.165, 1.54) is 22.3 Å². The number of benzene rings is 2. The first-order chi connectivity index (χ1) is 11.3. The highest BCUT2D eigenvalue weighted by molar-refractivity contribution is 5.67. The lowest BCUT2D eigenvalue weighted by Crippen LogP contribution is -2.42. The molecule has 23 heavy (non-hydrogen) atoms. The van der Waals surface area contributed by atoms with Crippen molar-refractivity contribution in [1.82, 2.24) is 4.90 Å². The normalized spacial score (nSPS) is 19.0. The second-order valence-corrected chi connectivity index (χ2v) is 6.32. The van der Waals surface area contributed by atoms with Crippen LogP contribution in [0.1, 0.15) is 17.5 Å². The fourth-order valence-electron chi connectivity index (χ4n) is 3.28. The van der Waals surface area contributed by atoms with Crippen LogP contribution in [0.5, 0.6) is 0 Å². The molecule has 1 aliphatic heterocycles. The SMILES string of the molecule is Cc1ccccc1-c1cccc(CN2CCO[C@@H](CCN)C2)c1. The summed E-state index contributed by atoms with van der Waals surface area (Å²) in [6.07, 6.45) is 1.23. The molecule has 122 valence electrons. The number of aryl methyl sites for hydroxylation is 1. The number of nitrogens with two attached hydrogens (primary N) is 1. The zero-order valence-corrected chi connectivity index (χ0v) is 13.9. The summed E-state index contributed by atoms with van der Waals surface area (Å²) in [6, 6.07) is 17.5. The van der Waals surface area contributed by atoms with Crippen LogP contribution in [-0.2, 0) is 11.3 Å². The Kier molecular flexibility index (Phi) is 5.44. The van der Waals surface area contributed by atoms with Gasteiger partial charge in [0.25, 0.3) is 0 Å². The second-order valence-electron chi connectivity index (χ2n) is 6.32. The van der Waals surface area contributed by atoms with Crippen LogP contribution in [0.2, 0.25) is 0 Å². The Hall–Kier alpha value is -1.68. The first-order valence-electron chi connectivity index (χ1n) is 8.45. The van der Waals surface area contributed by atoms with Gasteiger partial charge in [0, 0.05) is 19.6 Å². The minimum absolute atomic E-state index is 0.285. The summed E-state index contributed by atoms with van der Waals surface area (Å²) < 4.78 is 5.77. The van der Waals surface area contributed by atoms with Gasteiger partial charge >= 0.3 is 0 Å². The van der Waals surface area contributed by atoms with E-state index in [1.54, 1.807) is 0 Å². The Morgan fingerprint density at radius 2 is 2.04 bits per heavy atom. The second kappa shape index (κ2) is 7.73. The summed E-state index contributed by atoms with van der Waals surface area (Å²) in [4.78, 5) is 2.47. The Morgan fingerprint density at radius 1 is 1.17 bits per heavy atom. The third-order valence-corrected chi connectivity index (χ3v) is 4.50. The van der Waals surface area contributed by atoms with Gasteiger partial charge in [-0.1, -0.05) is 42.5 Å². The van der Waals surface area contributed by atoms with Crippen LogP contribution < -0.4 is 5.73 Å². The van der Waals surface area contributed by atoms with Crippen LogP contribution in [0.25, 0.3) is 11.1 Å². The molecular formula is C20H26N2O. The van der Waals surface area contributed by atoms with Gasteiger partial charge < -0.3 is 10.5 Å². The van der Waals surface area contributed by atoms with Gasteiger partial charge in [-0.15, -0.1) is 0 Å². The predicted octanol–water partition coefficient (Wildman–Crippen LogP) is 3.21. The van der Waals surface area contributed by atoms with Crippen molar-refractivity contribution < 1.29 is 4.74 Å². The summed E-state index contributed by atoms with van der Waals surface area (Å²) in [5.41, 5.74) is 11.0. The van der Waals surface area contributed by atoms with Gasteiger partial charge in [-0.05, 0) is 48.2 Å². The molecule has 1 atom stereocenters. The van der Waals surface area contributed by atoms with Gasteiger partial charge in [0.05, 0.1) is 12.7 Å². The smallest absolute Gasteiger partial charge is 0.0714 e. The van der Waals surface area contributed by atoms with Crippen molar-refractivity contribution in [3.05, 3.63) is 59.7 Å². The van der Waals surface area contributed by atoms with Crippen molar-refractivity contribution in [2.24, 2.45) is 5.73 Å². The maximum absolute atomic E-state index is 5.77. The van der Waals surface area contributed by atoms with E-state index in [4.69, 9.17) is 10.5 Å². The van der Waals surface area contributed by atoms with Gasteiger partial charge in [-0.3, -0.25) is 4.90 Å². The van der Waals surface area contributed by atoms with Crippen molar-refractivity contribution in [3.63, 3.8) is 0 Å². The number of hydrogen-bond acceptors (Lipinski definition) is 3. The van der Waals surface area contributed by atoms with Crippen molar-refractivity contribution in [2.75, 3.05) is 26.2 Å². The molecule has 0 amide bonds. The van der Waals surface area contributed by atoms with E-state index in [0.29, 0.717) is 6.54 Å². The van der Waals surface area contributed by atoms with Crippen molar-refractivity contribution >= 4 is 0 Å². The van der Waals surface area contributed by atoms with Crippen LogP contribution in [0, 0.1) is 6.92 Å². The zero-order chi connectivity index (χ0) is 16.1. The molecule has 1 aliphatic rings. The summed E-state index contributed by atoms with van der Waals surface area (Å²) >= 11 is 0. The van der Waals surface area contributed by atoms with Crippen molar-refractivity contribution in [2.45, 2.75) is 26.0 Å². The fourth-order valence-corrected chi connectivity index (χ4v) is 3.28. The average Bonchev–Trinajstić information content (AvgIpc) is 2.56. The lowest BCUT2D eigenvalue weighted by Gasteiger charge is -2.32. The predicted molar refractivity (Wildman–Crippen MR) is 95.3 cm³/mol. The molecule has 3 heteroatoms. The molecule has 0 saturated carbocycles. The minimum Gasteiger partial charge on any atom is -0.376 e. The zero-order valence-electron chi connectivity index (χ0n) is 13.9. The Labute approximate surface area is 139 Å². The van der Waals surface area contributed by atoms with E-state index < -0.39 is 0 Å². The molecule has 0 unspecified atom stereocenters. The molecule has 0 radical (unpaired) electrons. The third-order valence-electron chi connectivity index (χ3n) is 4.50. The third kappa shape index (κ3) is 4.20. The van der Waals surface area contributed by atoms with Gasteiger partial charge in [0.15, 0.2) is 0 Å². The van der Waals surface area contributed by atoms with Crippen LogP contribution >= 0.6 is 0 Å². The number of ether oxygens (including phenoxy) is 1. The molecule has 0 spiro atoms. The topological polar surface area (TPSA) is 38.5 Å². The van der Waals surface area contributed by atoms with Crippen LogP contribution in [-0.4, -0.2) is 37.2 Å². The molecule has 1 saturated heterocycles. The molecule has 3 nitrogen and oxygen atoms in total. The Bertz CT molecular complexity index is 639. The number of nitrogens with zero attached hydrogens (tertiary/aromatic N) is 1. The lowest BCUT2D eigenvalue weighted by atomic mass is 9.99. The minimum atomic E-state index is 0.285. The van der Waals surface area contributed by atoms with Gasteiger partial charge in [0.1, 0.15) is 0 Å². The van der Waals surface area contributed by atoms with Crippen molar-refractivity contribution in [3.8, 4) is 11.1 Å². The standard InChI is InChI=1S/C20H26N2O/c1-16-5-2-3-8-20(16)18-7-4-6-17(13-18)14-22-11-12-23-19(15-22)9-10-21/h2-8,13,19H,9-12,14-15,21H2,1H3/t19-/m0/s1. The summed E-state index contributed by atoms with van der Waals surface area (Å²) in [7, 11) is 0. The molecule has 1 heterocycles. The maximum atomic E-state index is 5.77.